The highest BCUT2D eigenvalue weighted by Gasteiger charge is 2.27. The summed E-state index contributed by atoms with van der Waals surface area (Å²) in [6.07, 6.45) is 0. The number of carbonyl (C=O) groups is 1. The molecule has 0 aromatic carbocycles. The number of nitrogens with zero attached hydrogens (tertiary/aromatic N) is 4. The molecule has 0 spiro atoms. The first-order chi connectivity index (χ1) is 11.0. The van der Waals surface area contributed by atoms with Crippen LogP contribution >= 0.6 is 11.3 Å². The van der Waals surface area contributed by atoms with Gasteiger partial charge in [0.25, 0.3) is 0 Å². The Hall–Kier alpha value is -1.93. The Morgan fingerprint density at radius 2 is 2.04 bits per heavy atom. The van der Waals surface area contributed by atoms with Crippen LogP contribution in [0.5, 0.6) is 0 Å². The third kappa shape index (κ3) is 3.70. The zero-order valence-corrected chi connectivity index (χ0v) is 14.4. The molecule has 2 aromatic heterocycles. The van der Waals surface area contributed by atoms with Gasteiger partial charge in [0.05, 0.1) is 17.4 Å². The predicted octanol–water partition coefficient (Wildman–Crippen LogP) is 1.90. The number of rotatable bonds is 4. The van der Waals surface area contributed by atoms with Crippen molar-refractivity contribution >= 4 is 28.3 Å². The first-order valence-electron chi connectivity index (χ1n) is 7.68. The number of piperazine rings is 1. The Balaban J connectivity index is 1.53. The van der Waals surface area contributed by atoms with Crippen LogP contribution in [-0.4, -0.2) is 53.2 Å². The zero-order chi connectivity index (χ0) is 16.4. The van der Waals surface area contributed by atoms with Gasteiger partial charge >= 0.3 is 0 Å². The molecular weight excluding hydrogens is 314 g/mol. The second kappa shape index (κ2) is 6.67. The lowest BCUT2D eigenvalue weighted by Crippen LogP contribution is -2.52. The SMILES string of the molecule is Cc1cc(NC(=O)C(C)N2CCN(c3nc(C)cs3)CC2)on1. The van der Waals surface area contributed by atoms with E-state index in [-0.39, 0.29) is 11.9 Å². The van der Waals surface area contributed by atoms with Crippen LogP contribution < -0.4 is 10.2 Å². The highest BCUT2D eigenvalue weighted by molar-refractivity contribution is 7.13. The van der Waals surface area contributed by atoms with Crippen molar-refractivity contribution in [1.82, 2.24) is 15.0 Å². The van der Waals surface area contributed by atoms with E-state index in [1.54, 1.807) is 17.4 Å². The first kappa shape index (κ1) is 15.9. The van der Waals surface area contributed by atoms with Gasteiger partial charge < -0.3 is 9.42 Å². The van der Waals surface area contributed by atoms with E-state index >= 15 is 0 Å². The van der Waals surface area contributed by atoms with Gasteiger partial charge in [0.15, 0.2) is 5.13 Å². The molecule has 0 bridgehead atoms. The summed E-state index contributed by atoms with van der Waals surface area (Å²) in [5.74, 6) is 0.330. The lowest BCUT2D eigenvalue weighted by Gasteiger charge is -2.37. The van der Waals surface area contributed by atoms with Crippen molar-refractivity contribution < 1.29 is 9.32 Å². The fraction of sp³-hybridized carbons (Fsp3) is 0.533. The van der Waals surface area contributed by atoms with E-state index < -0.39 is 0 Å². The van der Waals surface area contributed by atoms with Gasteiger partial charge in [-0.25, -0.2) is 4.98 Å². The number of carbonyl (C=O) groups excluding carboxylic acids is 1. The van der Waals surface area contributed by atoms with Crippen molar-refractivity contribution in [3.63, 3.8) is 0 Å². The molecule has 1 unspecified atom stereocenters. The minimum atomic E-state index is -0.208. The van der Waals surface area contributed by atoms with Crippen LogP contribution in [0, 0.1) is 13.8 Å². The Morgan fingerprint density at radius 3 is 2.61 bits per heavy atom. The fourth-order valence-electron chi connectivity index (χ4n) is 2.60. The van der Waals surface area contributed by atoms with Crippen molar-refractivity contribution in [2.24, 2.45) is 0 Å². The molecule has 0 saturated carbocycles. The number of nitrogens with one attached hydrogen (secondary N) is 1. The van der Waals surface area contributed by atoms with Crippen molar-refractivity contribution in [3.05, 3.63) is 22.8 Å². The van der Waals surface area contributed by atoms with Gasteiger partial charge in [-0.15, -0.1) is 11.3 Å². The first-order valence-corrected chi connectivity index (χ1v) is 8.56. The van der Waals surface area contributed by atoms with E-state index in [0.717, 1.165) is 42.7 Å². The molecule has 1 amide bonds. The molecule has 8 heteroatoms. The van der Waals surface area contributed by atoms with Crippen LogP contribution in [0.15, 0.2) is 16.0 Å². The summed E-state index contributed by atoms with van der Waals surface area (Å²) < 4.78 is 5.03. The van der Waals surface area contributed by atoms with Crippen molar-refractivity contribution in [2.45, 2.75) is 26.8 Å². The molecule has 0 radical (unpaired) electrons. The van der Waals surface area contributed by atoms with Crippen LogP contribution in [0.1, 0.15) is 18.3 Å². The van der Waals surface area contributed by atoms with Crippen molar-refractivity contribution in [2.75, 3.05) is 36.4 Å². The van der Waals surface area contributed by atoms with Crippen LogP contribution in [-0.2, 0) is 4.79 Å². The van der Waals surface area contributed by atoms with Gasteiger partial charge in [0, 0.05) is 37.6 Å². The van der Waals surface area contributed by atoms with Crippen LogP contribution in [0.2, 0.25) is 0 Å². The summed E-state index contributed by atoms with van der Waals surface area (Å²) in [7, 11) is 0. The maximum absolute atomic E-state index is 12.3. The maximum atomic E-state index is 12.3. The van der Waals surface area contributed by atoms with Gasteiger partial charge in [-0.1, -0.05) is 5.16 Å². The van der Waals surface area contributed by atoms with E-state index in [1.165, 1.54) is 0 Å². The van der Waals surface area contributed by atoms with E-state index in [0.29, 0.717) is 5.88 Å². The minimum Gasteiger partial charge on any atom is -0.346 e. The molecule has 124 valence electrons. The normalized spacial score (nSPS) is 17.3. The lowest BCUT2D eigenvalue weighted by atomic mass is 10.2. The van der Waals surface area contributed by atoms with Crippen LogP contribution in [0.3, 0.4) is 0 Å². The monoisotopic (exact) mass is 335 g/mol. The second-order valence-corrected chi connectivity index (χ2v) is 6.63. The van der Waals surface area contributed by atoms with Gasteiger partial charge in [0.2, 0.25) is 11.8 Å². The van der Waals surface area contributed by atoms with Gasteiger partial charge in [-0.3, -0.25) is 15.0 Å². The van der Waals surface area contributed by atoms with Gasteiger partial charge in [-0.05, 0) is 20.8 Å². The molecular formula is C15H21N5O2S. The Kier molecular flexibility index (Phi) is 4.63. The summed E-state index contributed by atoms with van der Waals surface area (Å²) >= 11 is 1.67. The Morgan fingerprint density at radius 1 is 1.30 bits per heavy atom. The van der Waals surface area contributed by atoms with Crippen LogP contribution in [0.4, 0.5) is 11.0 Å². The quantitative estimate of drug-likeness (QED) is 0.920. The molecule has 1 aliphatic heterocycles. The van der Waals surface area contributed by atoms with Crippen molar-refractivity contribution in [1.29, 1.82) is 0 Å². The van der Waals surface area contributed by atoms with E-state index in [4.69, 9.17) is 4.52 Å². The molecule has 23 heavy (non-hydrogen) atoms. The van der Waals surface area contributed by atoms with E-state index in [9.17, 15) is 4.79 Å². The largest absolute Gasteiger partial charge is 0.346 e. The van der Waals surface area contributed by atoms with Crippen molar-refractivity contribution in [3.8, 4) is 0 Å². The molecule has 1 fully saturated rings. The number of hydrogen-bond donors (Lipinski definition) is 1. The predicted molar refractivity (Wildman–Crippen MR) is 90.0 cm³/mol. The molecule has 1 saturated heterocycles. The van der Waals surface area contributed by atoms with Gasteiger partial charge in [0.1, 0.15) is 0 Å². The van der Waals surface area contributed by atoms with Gasteiger partial charge in [-0.2, -0.15) is 0 Å². The average molecular weight is 335 g/mol. The number of anilines is 2. The number of hydrogen-bond acceptors (Lipinski definition) is 7. The van der Waals surface area contributed by atoms with Crippen LogP contribution in [0.25, 0.3) is 0 Å². The smallest absolute Gasteiger partial charge is 0.243 e. The van der Waals surface area contributed by atoms with E-state index in [2.05, 4.69) is 30.6 Å². The number of amides is 1. The summed E-state index contributed by atoms with van der Waals surface area (Å²) in [4.78, 5) is 21.3. The molecule has 3 rings (SSSR count). The molecule has 1 atom stereocenters. The highest BCUT2D eigenvalue weighted by Crippen LogP contribution is 2.22. The fourth-order valence-corrected chi connectivity index (χ4v) is 3.46. The lowest BCUT2D eigenvalue weighted by molar-refractivity contribution is -0.121. The number of thiazole rings is 1. The number of aryl methyl sites for hydroxylation is 2. The second-order valence-electron chi connectivity index (χ2n) is 5.79. The summed E-state index contributed by atoms with van der Waals surface area (Å²) in [6, 6.07) is 1.51. The zero-order valence-electron chi connectivity index (χ0n) is 13.6. The molecule has 2 aromatic rings. The molecule has 3 heterocycles. The Labute approximate surface area is 139 Å². The Bertz CT molecular complexity index is 675. The number of aromatic nitrogens is 2. The molecule has 1 aliphatic rings. The third-order valence-electron chi connectivity index (χ3n) is 3.99. The standard InChI is InChI=1S/C15H21N5O2S/c1-10-8-13(22-18-10)17-14(21)12(3)19-4-6-20(7-5-19)15-16-11(2)9-23-15/h8-9,12H,4-7H2,1-3H3,(H,17,21). The average Bonchev–Trinajstić information content (AvgIpc) is 3.15. The van der Waals surface area contributed by atoms with E-state index in [1.807, 2.05) is 20.8 Å². The summed E-state index contributed by atoms with van der Waals surface area (Å²) in [6.45, 7) is 9.18. The third-order valence-corrected chi connectivity index (χ3v) is 5.01. The molecule has 0 aliphatic carbocycles. The molecule has 1 N–H and O–H groups in total. The minimum absolute atomic E-state index is 0.0697. The maximum Gasteiger partial charge on any atom is 0.243 e. The summed E-state index contributed by atoms with van der Waals surface area (Å²) in [5, 5.41) is 9.68. The molecule has 7 nitrogen and oxygen atoms in total. The summed E-state index contributed by atoms with van der Waals surface area (Å²) in [5.41, 5.74) is 1.81. The highest BCUT2D eigenvalue weighted by atomic mass is 32.1. The topological polar surface area (TPSA) is 74.5 Å².